The quantitative estimate of drug-likeness (QED) is 0.453. The van der Waals surface area contributed by atoms with Gasteiger partial charge in [-0.3, -0.25) is 9.88 Å². The lowest BCUT2D eigenvalue weighted by Crippen LogP contribution is -2.31. The van der Waals surface area contributed by atoms with Gasteiger partial charge in [0.25, 0.3) is 0 Å². The predicted molar refractivity (Wildman–Crippen MR) is 132 cm³/mol. The van der Waals surface area contributed by atoms with Crippen LogP contribution in [0.4, 0.5) is 5.95 Å². The average Bonchev–Trinajstić information content (AvgIpc) is 3.35. The first kappa shape index (κ1) is 19.8. The van der Waals surface area contributed by atoms with Crippen LogP contribution in [0.1, 0.15) is 46.1 Å². The highest BCUT2D eigenvalue weighted by atomic mass is 32.1. The fourth-order valence-corrected chi connectivity index (χ4v) is 6.33. The number of hydrogen-bond donors (Lipinski definition) is 2. The van der Waals surface area contributed by atoms with Gasteiger partial charge in [-0.25, -0.2) is 15.0 Å². The number of benzene rings is 2. The SMILES string of the molecule is NC1=NC(c2nc3c(s2)CC(c2ccccc2)CC3)n2c(nc3cc4c(cc32)OCCCO4)N1. The average molecular weight is 473 g/mol. The van der Waals surface area contributed by atoms with Crippen molar-refractivity contribution < 1.29 is 9.47 Å². The van der Waals surface area contributed by atoms with E-state index in [-0.39, 0.29) is 6.17 Å². The molecule has 4 aromatic rings. The summed E-state index contributed by atoms with van der Waals surface area (Å²) in [6.07, 6.45) is 3.60. The number of nitrogens with zero attached hydrogens (tertiary/aromatic N) is 4. The summed E-state index contributed by atoms with van der Waals surface area (Å²) in [6, 6.07) is 14.7. The Morgan fingerprint density at radius 2 is 1.88 bits per heavy atom. The van der Waals surface area contributed by atoms with Gasteiger partial charge < -0.3 is 15.2 Å². The second-order valence-electron chi connectivity index (χ2n) is 8.93. The number of guanidine groups is 1. The molecule has 2 aromatic carbocycles. The first-order valence-corrected chi connectivity index (χ1v) is 12.5. The van der Waals surface area contributed by atoms with Crippen molar-refractivity contribution >= 4 is 34.3 Å². The van der Waals surface area contributed by atoms with Crippen LogP contribution in [0.2, 0.25) is 0 Å². The van der Waals surface area contributed by atoms with Crippen LogP contribution in [-0.2, 0) is 12.8 Å². The van der Waals surface area contributed by atoms with Gasteiger partial charge in [0, 0.05) is 23.4 Å². The van der Waals surface area contributed by atoms with Crippen LogP contribution < -0.4 is 20.5 Å². The lowest BCUT2D eigenvalue weighted by Gasteiger charge is -2.22. The standard InChI is InChI=1S/C25H24N6O2S/c26-24-29-22(23-27-16-8-7-15(11-21(16)34-23)14-5-2-1-3-6-14)31-18-13-20-19(32-9-4-10-33-20)12-17(18)28-25(31)30-24/h1-3,5-6,12-13,15,22H,4,7-11H2,(H3,26,28,29,30). The molecule has 3 aliphatic rings. The van der Waals surface area contributed by atoms with E-state index in [4.69, 9.17) is 30.2 Å². The Labute approximate surface area is 200 Å². The van der Waals surface area contributed by atoms with Gasteiger partial charge in [0.15, 0.2) is 23.6 Å². The van der Waals surface area contributed by atoms with Gasteiger partial charge >= 0.3 is 0 Å². The lowest BCUT2D eigenvalue weighted by atomic mass is 9.85. The van der Waals surface area contributed by atoms with Gasteiger partial charge in [-0.2, -0.15) is 0 Å². The number of thiazole rings is 1. The summed E-state index contributed by atoms with van der Waals surface area (Å²) >= 11 is 1.74. The van der Waals surface area contributed by atoms with Gasteiger partial charge in [0.1, 0.15) is 5.01 Å². The van der Waals surface area contributed by atoms with Crippen molar-refractivity contribution in [3.8, 4) is 11.5 Å². The fourth-order valence-electron chi connectivity index (χ4n) is 5.10. The van der Waals surface area contributed by atoms with Gasteiger partial charge in [-0.15, -0.1) is 11.3 Å². The summed E-state index contributed by atoms with van der Waals surface area (Å²) in [5, 5.41) is 4.06. The Morgan fingerprint density at radius 1 is 1.06 bits per heavy atom. The van der Waals surface area contributed by atoms with Crippen molar-refractivity contribution in [1.82, 2.24) is 14.5 Å². The third-order valence-corrected chi connectivity index (χ3v) is 7.91. The molecular formula is C25H24N6O2S. The molecule has 0 bridgehead atoms. The molecule has 0 saturated carbocycles. The number of aromatic nitrogens is 3. The number of rotatable bonds is 2. The highest BCUT2D eigenvalue weighted by molar-refractivity contribution is 7.11. The summed E-state index contributed by atoms with van der Waals surface area (Å²) in [5.74, 6) is 2.99. The Hall–Kier alpha value is -3.59. The molecule has 0 amide bonds. The lowest BCUT2D eigenvalue weighted by molar-refractivity contribution is 0.297. The first-order chi connectivity index (χ1) is 16.7. The zero-order valence-electron chi connectivity index (χ0n) is 18.5. The molecule has 2 atom stereocenters. The molecule has 9 heteroatoms. The summed E-state index contributed by atoms with van der Waals surface area (Å²) in [7, 11) is 0. The van der Waals surface area contributed by atoms with Gasteiger partial charge in [0.2, 0.25) is 5.95 Å². The third-order valence-electron chi connectivity index (χ3n) is 6.75. The minimum Gasteiger partial charge on any atom is -0.489 e. The number of ether oxygens (including phenoxy) is 2. The first-order valence-electron chi connectivity index (χ1n) is 11.7. The van der Waals surface area contributed by atoms with E-state index in [1.165, 1.54) is 16.1 Å². The zero-order chi connectivity index (χ0) is 22.6. The molecule has 1 aliphatic carbocycles. The van der Waals surface area contributed by atoms with Gasteiger partial charge in [0.05, 0.1) is 29.9 Å². The van der Waals surface area contributed by atoms with E-state index in [1.807, 2.05) is 12.1 Å². The third kappa shape index (κ3) is 3.22. The molecule has 2 unspecified atom stereocenters. The minimum atomic E-state index is -0.364. The topological polar surface area (TPSA) is 99.6 Å². The molecule has 0 saturated heterocycles. The van der Waals surface area contributed by atoms with Crippen LogP contribution in [0.15, 0.2) is 47.5 Å². The minimum absolute atomic E-state index is 0.345. The molecule has 8 nitrogen and oxygen atoms in total. The van der Waals surface area contributed by atoms with E-state index in [0.717, 1.165) is 53.2 Å². The van der Waals surface area contributed by atoms with Crippen LogP contribution >= 0.6 is 11.3 Å². The molecular weight excluding hydrogens is 448 g/mol. The predicted octanol–water partition coefficient (Wildman–Crippen LogP) is 4.21. The van der Waals surface area contributed by atoms with Crippen molar-refractivity contribution in [2.45, 2.75) is 37.8 Å². The second-order valence-corrected chi connectivity index (χ2v) is 10.0. The molecule has 4 heterocycles. The fraction of sp³-hybridized carbons (Fsp3) is 0.320. The molecule has 2 aromatic heterocycles. The van der Waals surface area contributed by atoms with Crippen LogP contribution in [0.25, 0.3) is 11.0 Å². The van der Waals surface area contributed by atoms with E-state index in [9.17, 15) is 0 Å². The second kappa shape index (κ2) is 7.73. The van der Waals surface area contributed by atoms with E-state index in [1.54, 1.807) is 11.3 Å². The van der Waals surface area contributed by atoms with Crippen LogP contribution in [0.5, 0.6) is 11.5 Å². The largest absolute Gasteiger partial charge is 0.489 e. The monoisotopic (exact) mass is 472 g/mol. The van der Waals surface area contributed by atoms with Crippen LogP contribution in [0, 0.1) is 0 Å². The summed E-state index contributed by atoms with van der Waals surface area (Å²) in [4.78, 5) is 15.9. The van der Waals surface area contributed by atoms with E-state index < -0.39 is 0 Å². The van der Waals surface area contributed by atoms with Crippen molar-refractivity contribution in [1.29, 1.82) is 0 Å². The number of aryl methyl sites for hydroxylation is 1. The van der Waals surface area contributed by atoms with Crippen molar-refractivity contribution in [3.05, 3.63) is 63.6 Å². The highest BCUT2D eigenvalue weighted by Crippen LogP contribution is 2.42. The molecule has 7 rings (SSSR count). The molecule has 34 heavy (non-hydrogen) atoms. The Morgan fingerprint density at radius 3 is 2.74 bits per heavy atom. The number of fused-ring (bicyclic) bond motifs is 5. The highest BCUT2D eigenvalue weighted by Gasteiger charge is 2.31. The summed E-state index contributed by atoms with van der Waals surface area (Å²) < 4.78 is 13.9. The Bertz CT molecular complexity index is 1430. The van der Waals surface area contributed by atoms with E-state index in [2.05, 4.69) is 40.2 Å². The number of nitrogens with two attached hydrogens (primary N) is 1. The summed E-state index contributed by atoms with van der Waals surface area (Å²) in [6.45, 7) is 1.27. The van der Waals surface area contributed by atoms with Crippen molar-refractivity contribution in [2.75, 3.05) is 18.5 Å². The maximum absolute atomic E-state index is 6.18. The molecule has 0 spiro atoms. The van der Waals surface area contributed by atoms with Crippen LogP contribution in [-0.4, -0.2) is 33.7 Å². The van der Waals surface area contributed by atoms with Crippen LogP contribution in [0.3, 0.4) is 0 Å². The Kier molecular flexibility index (Phi) is 4.51. The maximum atomic E-state index is 6.18. The van der Waals surface area contributed by atoms with Crippen molar-refractivity contribution in [2.24, 2.45) is 10.7 Å². The molecule has 3 N–H and O–H groups in total. The number of nitrogens with one attached hydrogen (secondary N) is 1. The summed E-state index contributed by atoms with van der Waals surface area (Å²) in [5.41, 5.74) is 10.5. The number of aliphatic imine (C=N–C) groups is 1. The zero-order valence-corrected chi connectivity index (χ0v) is 19.3. The number of imidazole rings is 1. The molecule has 172 valence electrons. The Balaban J connectivity index is 1.29. The number of hydrogen-bond acceptors (Lipinski definition) is 8. The molecule has 0 radical (unpaired) electrons. The maximum Gasteiger partial charge on any atom is 0.212 e. The number of anilines is 1. The van der Waals surface area contributed by atoms with Crippen molar-refractivity contribution in [3.63, 3.8) is 0 Å². The normalized spacial score (nSPS) is 21.2. The van der Waals surface area contributed by atoms with Gasteiger partial charge in [-0.1, -0.05) is 30.3 Å². The molecule has 2 aliphatic heterocycles. The smallest absolute Gasteiger partial charge is 0.212 e. The molecule has 0 fully saturated rings. The van der Waals surface area contributed by atoms with E-state index in [0.29, 0.717) is 31.0 Å². The van der Waals surface area contributed by atoms with E-state index >= 15 is 0 Å². The van der Waals surface area contributed by atoms with Gasteiger partial charge in [-0.05, 0) is 30.7 Å².